The minimum Gasteiger partial charge on any atom is -0.355 e. The maximum absolute atomic E-state index is 12.0. The standard InChI is InChI=1S/C11H20N4O3S/c1-7(2)5-12-10(16)6-13-19(17,18)11-8(3)14-15-9(11)4/h7,13H,5-6H2,1-4H3,(H,12,16)(H,14,15). The van der Waals surface area contributed by atoms with Crippen molar-refractivity contribution in [3.63, 3.8) is 0 Å². The molecule has 1 aromatic heterocycles. The monoisotopic (exact) mass is 288 g/mol. The Morgan fingerprint density at radius 2 is 2.00 bits per heavy atom. The van der Waals surface area contributed by atoms with Crippen molar-refractivity contribution in [2.45, 2.75) is 32.6 Å². The lowest BCUT2D eigenvalue weighted by molar-refractivity contribution is -0.120. The Morgan fingerprint density at radius 1 is 1.37 bits per heavy atom. The molecule has 0 bridgehead atoms. The van der Waals surface area contributed by atoms with Crippen LogP contribution in [0.25, 0.3) is 0 Å². The summed E-state index contributed by atoms with van der Waals surface area (Å²) in [6.07, 6.45) is 0. The molecule has 0 aliphatic rings. The molecule has 0 spiro atoms. The average Bonchev–Trinajstić information content (AvgIpc) is 2.64. The number of hydrogen-bond acceptors (Lipinski definition) is 4. The highest BCUT2D eigenvalue weighted by atomic mass is 32.2. The summed E-state index contributed by atoms with van der Waals surface area (Å²) in [5, 5.41) is 9.07. The molecule has 0 aliphatic carbocycles. The van der Waals surface area contributed by atoms with Gasteiger partial charge in [0.25, 0.3) is 0 Å². The molecule has 7 nitrogen and oxygen atoms in total. The fourth-order valence-corrected chi connectivity index (χ4v) is 2.90. The van der Waals surface area contributed by atoms with Crippen LogP contribution in [0.2, 0.25) is 0 Å². The fraction of sp³-hybridized carbons (Fsp3) is 0.636. The molecule has 0 saturated carbocycles. The van der Waals surface area contributed by atoms with Gasteiger partial charge in [-0.25, -0.2) is 13.1 Å². The van der Waals surface area contributed by atoms with Crippen LogP contribution in [0.1, 0.15) is 25.2 Å². The number of carbonyl (C=O) groups excluding carboxylic acids is 1. The number of aromatic nitrogens is 2. The average molecular weight is 288 g/mol. The Kier molecular flexibility index (Phi) is 5.07. The number of rotatable bonds is 6. The lowest BCUT2D eigenvalue weighted by Gasteiger charge is -2.09. The van der Waals surface area contributed by atoms with Gasteiger partial charge in [-0.3, -0.25) is 9.89 Å². The molecule has 0 saturated heterocycles. The second-order valence-electron chi connectivity index (χ2n) is 4.79. The Bertz CT molecular complexity index is 529. The summed E-state index contributed by atoms with van der Waals surface area (Å²) in [4.78, 5) is 11.6. The van der Waals surface area contributed by atoms with Crippen LogP contribution in [0, 0.1) is 19.8 Å². The first-order chi connectivity index (χ1) is 8.74. The molecule has 0 atom stereocenters. The summed E-state index contributed by atoms with van der Waals surface area (Å²) in [5.41, 5.74) is 0.833. The highest BCUT2D eigenvalue weighted by Gasteiger charge is 2.22. The second kappa shape index (κ2) is 6.16. The summed E-state index contributed by atoms with van der Waals surface area (Å²) in [5.74, 6) is -0.0324. The first kappa shape index (κ1) is 15.6. The van der Waals surface area contributed by atoms with Crippen LogP contribution in [0.5, 0.6) is 0 Å². The molecular formula is C11H20N4O3S. The number of sulfonamides is 1. The molecule has 0 radical (unpaired) electrons. The van der Waals surface area contributed by atoms with Crippen molar-refractivity contribution in [3.05, 3.63) is 11.4 Å². The molecule has 0 aliphatic heterocycles. The summed E-state index contributed by atoms with van der Waals surface area (Å²) < 4.78 is 26.3. The number of H-pyrrole nitrogens is 1. The van der Waals surface area contributed by atoms with Crippen LogP contribution in [0.15, 0.2) is 4.90 Å². The van der Waals surface area contributed by atoms with E-state index in [0.717, 1.165) is 0 Å². The summed E-state index contributed by atoms with van der Waals surface area (Å²) in [6, 6.07) is 0. The fourth-order valence-electron chi connectivity index (χ4n) is 1.55. The second-order valence-corrected chi connectivity index (χ2v) is 6.49. The van der Waals surface area contributed by atoms with Crippen LogP contribution in [-0.4, -0.2) is 37.6 Å². The molecular weight excluding hydrogens is 268 g/mol. The smallest absolute Gasteiger partial charge is 0.244 e. The van der Waals surface area contributed by atoms with Gasteiger partial charge in [0.2, 0.25) is 15.9 Å². The normalized spacial score (nSPS) is 11.8. The Hall–Kier alpha value is -1.41. The van der Waals surface area contributed by atoms with Crippen molar-refractivity contribution in [2.24, 2.45) is 5.92 Å². The van der Waals surface area contributed by atoms with Gasteiger partial charge in [0.15, 0.2) is 0 Å². The lowest BCUT2D eigenvalue weighted by Crippen LogP contribution is -2.38. The Balaban J connectivity index is 2.64. The van der Waals surface area contributed by atoms with Gasteiger partial charge in [-0.15, -0.1) is 0 Å². The van der Waals surface area contributed by atoms with Crippen molar-refractivity contribution in [1.29, 1.82) is 0 Å². The number of carbonyl (C=O) groups is 1. The van der Waals surface area contributed by atoms with E-state index in [-0.39, 0.29) is 17.3 Å². The van der Waals surface area contributed by atoms with E-state index in [4.69, 9.17) is 0 Å². The molecule has 3 N–H and O–H groups in total. The lowest BCUT2D eigenvalue weighted by atomic mass is 10.2. The zero-order valence-corrected chi connectivity index (χ0v) is 12.4. The van der Waals surface area contributed by atoms with Crippen molar-refractivity contribution in [1.82, 2.24) is 20.2 Å². The molecule has 1 rings (SSSR count). The third kappa shape index (κ3) is 4.32. The van der Waals surface area contributed by atoms with E-state index in [1.807, 2.05) is 13.8 Å². The van der Waals surface area contributed by atoms with Crippen LogP contribution < -0.4 is 10.0 Å². The quantitative estimate of drug-likeness (QED) is 0.689. The molecule has 0 unspecified atom stereocenters. The topological polar surface area (TPSA) is 104 Å². The van der Waals surface area contributed by atoms with Gasteiger partial charge < -0.3 is 5.32 Å². The number of aromatic amines is 1. The minimum absolute atomic E-state index is 0.101. The number of nitrogens with zero attached hydrogens (tertiary/aromatic N) is 1. The van der Waals surface area contributed by atoms with Gasteiger partial charge in [-0.1, -0.05) is 13.8 Å². The summed E-state index contributed by atoms with van der Waals surface area (Å²) >= 11 is 0. The van der Waals surface area contributed by atoms with E-state index in [1.54, 1.807) is 13.8 Å². The largest absolute Gasteiger partial charge is 0.355 e. The van der Waals surface area contributed by atoms with E-state index < -0.39 is 10.0 Å². The van der Waals surface area contributed by atoms with Crippen LogP contribution in [0.4, 0.5) is 0 Å². The van der Waals surface area contributed by atoms with Crippen LogP contribution in [-0.2, 0) is 14.8 Å². The van der Waals surface area contributed by atoms with E-state index in [1.165, 1.54) is 0 Å². The maximum atomic E-state index is 12.0. The predicted octanol–water partition coefficient (Wildman–Crippen LogP) is 0.0770. The number of hydrogen-bond donors (Lipinski definition) is 3. The zero-order valence-electron chi connectivity index (χ0n) is 11.6. The van der Waals surface area contributed by atoms with Crippen molar-refractivity contribution >= 4 is 15.9 Å². The van der Waals surface area contributed by atoms with Gasteiger partial charge in [0.05, 0.1) is 17.9 Å². The Labute approximate surface area is 113 Å². The SMILES string of the molecule is Cc1n[nH]c(C)c1S(=O)(=O)NCC(=O)NCC(C)C. The van der Waals surface area contributed by atoms with Gasteiger partial charge in [0, 0.05) is 6.54 Å². The van der Waals surface area contributed by atoms with E-state index in [2.05, 4.69) is 20.2 Å². The zero-order chi connectivity index (χ0) is 14.6. The molecule has 1 heterocycles. The minimum atomic E-state index is -3.72. The Morgan fingerprint density at radius 3 is 2.47 bits per heavy atom. The van der Waals surface area contributed by atoms with E-state index in [9.17, 15) is 13.2 Å². The van der Waals surface area contributed by atoms with Crippen LogP contribution >= 0.6 is 0 Å². The summed E-state index contributed by atoms with van der Waals surface area (Å²) in [7, 11) is -3.72. The summed E-state index contributed by atoms with van der Waals surface area (Å²) in [6.45, 7) is 7.37. The van der Waals surface area contributed by atoms with Crippen molar-refractivity contribution in [3.8, 4) is 0 Å². The number of aryl methyl sites for hydroxylation is 2. The molecule has 0 fully saturated rings. The molecule has 108 valence electrons. The maximum Gasteiger partial charge on any atom is 0.244 e. The first-order valence-corrected chi connectivity index (χ1v) is 7.50. The highest BCUT2D eigenvalue weighted by Crippen LogP contribution is 2.15. The molecule has 8 heteroatoms. The highest BCUT2D eigenvalue weighted by molar-refractivity contribution is 7.89. The molecule has 0 aromatic carbocycles. The molecule has 19 heavy (non-hydrogen) atoms. The van der Waals surface area contributed by atoms with E-state index in [0.29, 0.717) is 23.9 Å². The van der Waals surface area contributed by atoms with E-state index >= 15 is 0 Å². The predicted molar refractivity (Wildman–Crippen MR) is 71.1 cm³/mol. The third-order valence-electron chi connectivity index (χ3n) is 2.46. The van der Waals surface area contributed by atoms with Crippen LogP contribution in [0.3, 0.4) is 0 Å². The number of nitrogens with one attached hydrogen (secondary N) is 3. The molecule has 1 aromatic rings. The van der Waals surface area contributed by atoms with Crippen molar-refractivity contribution in [2.75, 3.05) is 13.1 Å². The van der Waals surface area contributed by atoms with Crippen molar-refractivity contribution < 1.29 is 13.2 Å². The van der Waals surface area contributed by atoms with Gasteiger partial charge in [0.1, 0.15) is 4.90 Å². The first-order valence-electron chi connectivity index (χ1n) is 6.02. The van der Waals surface area contributed by atoms with Gasteiger partial charge in [-0.2, -0.15) is 5.10 Å². The number of amides is 1. The molecule has 1 amide bonds. The van der Waals surface area contributed by atoms with Gasteiger partial charge >= 0.3 is 0 Å². The van der Waals surface area contributed by atoms with Gasteiger partial charge in [-0.05, 0) is 19.8 Å². The third-order valence-corrected chi connectivity index (χ3v) is 4.12.